The molecule has 1 N–H and O–H groups in total. The highest BCUT2D eigenvalue weighted by atomic mass is 79.9. The standard InChI is InChI=1S/C14H19BrN4/c1-9(2)16-7-12-8-17-18-19(12)14-11(4)5-10(3)6-13(14)15/h5-6,8-9,16H,7H2,1-4H3. The average molecular weight is 323 g/mol. The Bertz CT molecular complexity index is 552. The number of halogens is 1. The van der Waals surface area contributed by atoms with Gasteiger partial charge in [0, 0.05) is 17.1 Å². The van der Waals surface area contributed by atoms with E-state index in [0.29, 0.717) is 6.04 Å². The number of nitrogens with zero attached hydrogens (tertiary/aromatic N) is 3. The maximum absolute atomic E-state index is 4.21. The Morgan fingerprint density at radius 3 is 2.68 bits per heavy atom. The molecule has 0 spiro atoms. The van der Waals surface area contributed by atoms with Crippen LogP contribution in [0, 0.1) is 13.8 Å². The lowest BCUT2D eigenvalue weighted by molar-refractivity contribution is 0.570. The van der Waals surface area contributed by atoms with E-state index in [0.717, 1.165) is 22.4 Å². The molecule has 5 heteroatoms. The minimum atomic E-state index is 0.436. The van der Waals surface area contributed by atoms with Crippen LogP contribution < -0.4 is 5.32 Å². The van der Waals surface area contributed by atoms with Crippen molar-refractivity contribution in [1.29, 1.82) is 0 Å². The molecule has 0 atom stereocenters. The zero-order chi connectivity index (χ0) is 14.0. The predicted octanol–water partition coefficient (Wildman–Crippen LogP) is 3.14. The summed E-state index contributed by atoms with van der Waals surface area (Å²) in [6.07, 6.45) is 1.81. The summed E-state index contributed by atoms with van der Waals surface area (Å²) in [6, 6.07) is 4.69. The number of hydrogen-bond acceptors (Lipinski definition) is 3. The van der Waals surface area contributed by atoms with Crippen molar-refractivity contribution in [2.75, 3.05) is 0 Å². The molecule has 0 fully saturated rings. The van der Waals surface area contributed by atoms with E-state index >= 15 is 0 Å². The Labute approximate surface area is 122 Å². The second kappa shape index (κ2) is 5.84. The van der Waals surface area contributed by atoms with Crippen molar-refractivity contribution in [2.45, 2.75) is 40.3 Å². The second-order valence-electron chi connectivity index (χ2n) is 5.09. The number of benzene rings is 1. The molecule has 0 aliphatic rings. The van der Waals surface area contributed by atoms with Crippen LogP contribution in [0.4, 0.5) is 0 Å². The molecular formula is C14H19BrN4. The van der Waals surface area contributed by atoms with Crippen LogP contribution >= 0.6 is 15.9 Å². The van der Waals surface area contributed by atoms with E-state index in [-0.39, 0.29) is 0 Å². The number of aryl methyl sites for hydroxylation is 2. The van der Waals surface area contributed by atoms with Crippen LogP contribution in [-0.4, -0.2) is 21.0 Å². The number of hydrogen-bond donors (Lipinski definition) is 1. The van der Waals surface area contributed by atoms with Gasteiger partial charge in [-0.1, -0.05) is 25.1 Å². The van der Waals surface area contributed by atoms with Gasteiger partial charge in [0.05, 0.1) is 17.6 Å². The fourth-order valence-corrected chi connectivity index (χ4v) is 2.89. The van der Waals surface area contributed by atoms with E-state index in [2.05, 4.69) is 71.4 Å². The summed E-state index contributed by atoms with van der Waals surface area (Å²) in [7, 11) is 0. The van der Waals surface area contributed by atoms with Crippen molar-refractivity contribution >= 4 is 15.9 Å². The Balaban J connectivity index is 2.40. The lowest BCUT2D eigenvalue weighted by Crippen LogP contribution is -2.23. The van der Waals surface area contributed by atoms with Gasteiger partial charge in [-0.15, -0.1) is 5.10 Å². The highest BCUT2D eigenvalue weighted by Gasteiger charge is 2.12. The monoisotopic (exact) mass is 322 g/mol. The van der Waals surface area contributed by atoms with Gasteiger partial charge in [-0.2, -0.15) is 0 Å². The summed E-state index contributed by atoms with van der Waals surface area (Å²) in [6.45, 7) is 9.19. The van der Waals surface area contributed by atoms with E-state index in [9.17, 15) is 0 Å². The molecule has 0 saturated carbocycles. The zero-order valence-electron chi connectivity index (χ0n) is 11.7. The maximum Gasteiger partial charge on any atom is 0.0838 e. The van der Waals surface area contributed by atoms with Crippen molar-refractivity contribution in [3.05, 3.63) is 39.6 Å². The molecule has 1 heterocycles. The molecule has 19 heavy (non-hydrogen) atoms. The van der Waals surface area contributed by atoms with Crippen molar-refractivity contribution < 1.29 is 0 Å². The average Bonchev–Trinajstić information content (AvgIpc) is 2.73. The van der Waals surface area contributed by atoms with Crippen molar-refractivity contribution in [3.63, 3.8) is 0 Å². The first-order chi connectivity index (χ1) is 8.99. The second-order valence-corrected chi connectivity index (χ2v) is 5.94. The van der Waals surface area contributed by atoms with Crippen molar-refractivity contribution in [1.82, 2.24) is 20.3 Å². The zero-order valence-corrected chi connectivity index (χ0v) is 13.3. The number of rotatable bonds is 4. The summed E-state index contributed by atoms with van der Waals surface area (Å²) < 4.78 is 2.94. The molecule has 1 aromatic carbocycles. The topological polar surface area (TPSA) is 42.7 Å². The molecule has 2 rings (SSSR count). The Morgan fingerprint density at radius 1 is 1.32 bits per heavy atom. The minimum Gasteiger partial charge on any atom is -0.309 e. The SMILES string of the molecule is Cc1cc(C)c(-n2nncc2CNC(C)C)c(Br)c1. The van der Waals surface area contributed by atoms with Crippen LogP contribution in [0.25, 0.3) is 5.69 Å². The van der Waals surface area contributed by atoms with Crippen LogP contribution in [0.5, 0.6) is 0 Å². The van der Waals surface area contributed by atoms with Crippen molar-refractivity contribution in [3.8, 4) is 5.69 Å². The highest BCUT2D eigenvalue weighted by Crippen LogP contribution is 2.26. The maximum atomic E-state index is 4.21. The summed E-state index contributed by atoms with van der Waals surface area (Å²) >= 11 is 3.62. The van der Waals surface area contributed by atoms with Gasteiger partial charge in [0.1, 0.15) is 0 Å². The van der Waals surface area contributed by atoms with Gasteiger partial charge in [0.15, 0.2) is 0 Å². The van der Waals surface area contributed by atoms with Gasteiger partial charge >= 0.3 is 0 Å². The molecule has 0 radical (unpaired) electrons. The van der Waals surface area contributed by atoms with Crippen LogP contribution in [-0.2, 0) is 6.54 Å². The normalized spacial score (nSPS) is 11.3. The predicted molar refractivity (Wildman–Crippen MR) is 80.5 cm³/mol. The first-order valence-corrected chi connectivity index (χ1v) is 7.18. The van der Waals surface area contributed by atoms with E-state index in [1.54, 1.807) is 6.20 Å². The van der Waals surface area contributed by atoms with E-state index in [1.807, 2.05) is 4.68 Å². The molecule has 0 aliphatic heterocycles. The molecule has 102 valence electrons. The Kier molecular flexibility index (Phi) is 4.37. The fourth-order valence-electron chi connectivity index (χ4n) is 2.05. The molecule has 0 saturated heterocycles. The van der Waals surface area contributed by atoms with E-state index in [4.69, 9.17) is 0 Å². The third-order valence-electron chi connectivity index (χ3n) is 2.92. The van der Waals surface area contributed by atoms with Gasteiger partial charge < -0.3 is 5.32 Å². The first kappa shape index (κ1) is 14.2. The van der Waals surface area contributed by atoms with Crippen LogP contribution in [0.2, 0.25) is 0 Å². The van der Waals surface area contributed by atoms with Gasteiger partial charge in [-0.3, -0.25) is 0 Å². The largest absolute Gasteiger partial charge is 0.309 e. The molecule has 1 aromatic heterocycles. The molecule has 4 nitrogen and oxygen atoms in total. The molecule has 0 bridgehead atoms. The lowest BCUT2D eigenvalue weighted by atomic mass is 10.1. The van der Waals surface area contributed by atoms with Crippen LogP contribution in [0.1, 0.15) is 30.7 Å². The van der Waals surface area contributed by atoms with E-state index in [1.165, 1.54) is 11.1 Å². The van der Waals surface area contributed by atoms with Gasteiger partial charge in [0.25, 0.3) is 0 Å². The van der Waals surface area contributed by atoms with Gasteiger partial charge in [0.2, 0.25) is 0 Å². The third kappa shape index (κ3) is 3.22. The third-order valence-corrected chi connectivity index (χ3v) is 3.53. The minimum absolute atomic E-state index is 0.436. The van der Waals surface area contributed by atoms with Crippen molar-refractivity contribution in [2.24, 2.45) is 0 Å². The Morgan fingerprint density at radius 2 is 2.05 bits per heavy atom. The van der Waals surface area contributed by atoms with Gasteiger partial charge in [-0.25, -0.2) is 4.68 Å². The summed E-state index contributed by atoms with van der Waals surface area (Å²) in [5, 5.41) is 11.6. The van der Waals surface area contributed by atoms with Crippen LogP contribution in [0.3, 0.4) is 0 Å². The summed E-state index contributed by atoms with van der Waals surface area (Å²) in [4.78, 5) is 0. The van der Waals surface area contributed by atoms with Crippen LogP contribution in [0.15, 0.2) is 22.8 Å². The molecule has 0 aliphatic carbocycles. The molecule has 0 unspecified atom stereocenters. The van der Waals surface area contributed by atoms with E-state index < -0.39 is 0 Å². The summed E-state index contributed by atoms with van der Waals surface area (Å²) in [5.74, 6) is 0. The molecular weight excluding hydrogens is 304 g/mol. The van der Waals surface area contributed by atoms with Gasteiger partial charge in [-0.05, 0) is 47.0 Å². The first-order valence-electron chi connectivity index (χ1n) is 6.39. The number of aromatic nitrogens is 3. The smallest absolute Gasteiger partial charge is 0.0838 e. The number of nitrogens with one attached hydrogen (secondary N) is 1. The quantitative estimate of drug-likeness (QED) is 0.940. The Hall–Kier alpha value is -1.20. The highest BCUT2D eigenvalue weighted by molar-refractivity contribution is 9.10. The summed E-state index contributed by atoms with van der Waals surface area (Å²) in [5.41, 5.74) is 4.53. The molecule has 2 aromatic rings. The lowest BCUT2D eigenvalue weighted by Gasteiger charge is -2.13. The fraction of sp³-hybridized carbons (Fsp3) is 0.429. The molecule has 0 amide bonds.